The molecule has 0 amide bonds. The Balaban J connectivity index is 2.39. The van der Waals surface area contributed by atoms with E-state index in [9.17, 15) is 9.59 Å². The first-order valence-corrected chi connectivity index (χ1v) is 6.96. The maximum atomic E-state index is 11.3. The van der Waals surface area contributed by atoms with Crippen LogP contribution in [0.4, 0.5) is 0 Å². The smallest absolute Gasteiger partial charge is 0.326 e. The minimum atomic E-state index is -0.796. The average molecular weight is 343 g/mol. The lowest BCUT2D eigenvalue weighted by atomic mass is 10.2. The summed E-state index contributed by atoms with van der Waals surface area (Å²) in [6.07, 6.45) is 0. The van der Waals surface area contributed by atoms with Crippen LogP contribution >= 0.6 is 27.7 Å². The molecule has 2 rings (SSSR count). The number of nitrogens with zero attached hydrogens (tertiary/aromatic N) is 2. The number of H-pyrrole nitrogens is 1. The Bertz CT molecular complexity index is 725. The molecule has 0 unspecified atom stereocenters. The Hall–Kier alpha value is -1.38. The summed E-state index contributed by atoms with van der Waals surface area (Å²) in [5, 5.41) is 2.81. The molecule has 0 saturated heterocycles. The van der Waals surface area contributed by atoms with Gasteiger partial charge in [0.1, 0.15) is 0 Å². The maximum Gasteiger partial charge on any atom is 0.339 e. The number of rotatable bonds is 3. The number of aromatic amines is 1. The lowest BCUT2D eigenvalue weighted by Gasteiger charge is -2.08. The standard InChI is InChI=1S/C11H11BrN4O2S/c1-16-11(14-9(17)10(18)15-16)19-8-3-2-6(5-13)4-7(8)12/h2-4H,5,13H2,1H3,(H,15,18). The average Bonchev–Trinajstić information content (AvgIpc) is 2.38. The second kappa shape index (κ2) is 5.72. The summed E-state index contributed by atoms with van der Waals surface area (Å²) in [6.45, 7) is 0.457. The van der Waals surface area contributed by atoms with Crippen LogP contribution in [0, 0.1) is 0 Å². The highest BCUT2D eigenvalue weighted by Crippen LogP contribution is 2.31. The van der Waals surface area contributed by atoms with Crippen LogP contribution < -0.4 is 16.9 Å². The van der Waals surface area contributed by atoms with Crippen LogP contribution in [0.5, 0.6) is 0 Å². The molecule has 1 aromatic heterocycles. The SMILES string of the molecule is Cn1[nH]c(=O)c(=O)nc1Sc1ccc(CN)cc1Br. The van der Waals surface area contributed by atoms with E-state index in [-0.39, 0.29) is 0 Å². The molecule has 0 fully saturated rings. The van der Waals surface area contributed by atoms with Gasteiger partial charge in [-0.05, 0) is 45.4 Å². The summed E-state index contributed by atoms with van der Waals surface area (Å²) >= 11 is 4.72. The minimum absolute atomic E-state index is 0.408. The fourth-order valence-corrected chi connectivity index (χ4v) is 2.87. The van der Waals surface area contributed by atoms with Crippen molar-refractivity contribution in [2.24, 2.45) is 12.8 Å². The Morgan fingerprint density at radius 1 is 1.47 bits per heavy atom. The number of nitrogens with two attached hydrogens (primary N) is 1. The van der Waals surface area contributed by atoms with E-state index in [1.54, 1.807) is 7.05 Å². The van der Waals surface area contributed by atoms with Gasteiger partial charge >= 0.3 is 11.1 Å². The highest BCUT2D eigenvalue weighted by molar-refractivity contribution is 9.10. The molecule has 1 heterocycles. The summed E-state index contributed by atoms with van der Waals surface area (Å²) in [5.74, 6) is 0. The number of aryl methyl sites for hydroxylation is 1. The quantitative estimate of drug-likeness (QED) is 0.806. The summed E-state index contributed by atoms with van der Waals surface area (Å²) in [5.41, 5.74) is 5.03. The van der Waals surface area contributed by atoms with Crippen LogP contribution in [0.25, 0.3) is 0 Å². The third-order valence-electron chi connectivity index (χ3n) is 2.38. The molecule has 0 aliphatic carbocycles. The van der Waals surface area contributed by atoms with Crippen molar-refractivity contribution in [3.63, 3.8) is 0 Å². The molecule has 0 aliphatic heterocycles. The first-order chi connectivity index (χ1) is 9.01. The predicted molar refractivity (Wildman–Crippen MR) is 76.3 cm³/mol. The highest BCUT2D eigenvalue weighted by atomic mass is 79.9. The zero-order valence-electron chi connectivity index (χ0n) is 10.0. The highest BCUT2D eigenvalue weighted by Gasteiger charge is 2.09. The molecule has 19 heavy (non-hydrogen) atoms. The van der Waals surface area contributed by atoms with Crippen LogP contribution in [0.1, 0.15) is 5.56 Å². The van der Waals surface area contributed by atoms with E-state index in [1.807, 2.05) is 18.2 Å². The van der Waals surface area contributed by atoms with Crippen molar-refractivity contribution in [2.45, 2.75) is 16.6 Å². The number of aromatic nitrogens is 3. The zero-order valence-corrected chi connectivity index (χ0v) is 12.4. The van der Waals surface area contributed by atoms with E-state index in [0.717, 1.165) is 14.9 Å². The normalized spacial score (nSPS) is 10.7. The summed E-state index contributed by atoms with van der Waals surface area (Å²) in [4.78, 5) is 27.0. The number of nitrogens with one attached hydrogen (secondary N) is 1. The first-order valence-electron chi connectivity index (χ1n) is 5.35. The molecule has 6 nitrogen and oxygen atoms in total. The Labute approximate surface area is 121 Å². The lowest BCUT2D eigenvalue weighted by Crippen LogP contribution is -2.33. The molecule has 8 heteroatoms. The molecule has 0 radical (unpaired) electrons. The van der Waals surface area contributed by atoms with Crippen LogP contribution in [-0.2, 0) is 13.6 Å². The third-order valence-corrected chi connectivity index (χ3v) is 4.42. The lowest BCUT2D eigenvalue weighted by molar-refractivity contribution is 0.596. The van der Waals surface area contributed by atoms with Crippen molar-refractivity contribution in [1.82, 2.24) is 14.8 Å². The van der Waals surface area contributed by atoms with Gasteiger partial charge in [0.05, 0.1) is 0 Å². The first kappa shape index (κ1) is 14.0. The largest absolute Gasteiger partial charge is 0.339 e. The van der Waals surface area contributed by atoms with Gasteiger partial charge in [-0.3, -0.25) is 19.4 Å². The summed E-state index contributed by atoms with van der Waals surface area (Å²) < 4.78 is 2.28. The minimum Gasteiger partial charge on any atom is -0.326 e. The second-order valence-corrected chi connectivity index (χ2v) is 5.63. The van der Waals surface area contributed by atoms with E-state index >= 15 is 0 Å². The molecule has 0 spiro atoms. The monoisotopic (exact) mass is 342 g/mol. The predicted octanol–water partition coefficient (Wildman–Crippen LogP) is 0.841. The molecule has 100 valence electrons. The van der Waals surface area contributed by atoms with Crippen LogP contribution in [0.3, 0.4) is 0 Å². The number of halogens is 1. The van der Waals surface area contributed by atoms with E-state index in [0.29, 0.717) is 11.7 Å². The van der Waals surface area contributed by atoms with Crippen LogP contribution in [0.2, 0.25) is 0 Å². The fourth-order valence-electron chi connectivity index (χ4n) is 1.40. The van der Waals surface area contributed by atoms with E-state index in [4.69, 9.17) is 5.73 Å². The van der Waals surface area contributed by atoms with Crippen molar-refractivity contribution in [2.75, 3.05) is 0 Å². The van der Waals surface area contributed by atoms with Gasteiger partial charge in [0.25, 0.3) is 0 Å². The molecular weight excluding hydrogens is 332 g/mol. The van der Waals surface area contributed by atoms with Crippen molar-refractivity contribution in [3.8, 4) is 0 Å². The van der Waals surface area contributed by atoms with Gasteiger partial charge in [-0.15, -0.1) is 0 Å². The van der Waals surface area contributed by atoms with Crippen molar-refractivity contribution in [3.05, 3.63) is 48.9 Å². The molecule has 0 aliphatic rings. The topological polar surface area (TPSA) is 93.8 Å². The number of benzene rings is 1. The zero-order chi connectivity index (χ0) is 14.0. The molecule has 0 saturated carbocycles. The summed E-state index contributed by atoms with van der Waals surface area (Å²) in [6, 6.07) is 5.69. The molecule has 0 atom stereocenters. The van der Waals surface area contributed by atoms with Gasteiger partial charge in [0, 0.05) is 23.0 Å². The molecule has 2 aromatic rings. The van der Waals surface area contributed by atoms with E-state index in [2.05, 4.69) is 26.0 Å². The fraction of sp³-hybridized carbons (Fsp3) is 0.182. The number of hydrogen-bond acceptors (Lipinski definition) is 5. The van der Waals surface area contributed by atoms with Crippen molar-refractivity contribution < 1.29 is 0 Å². The van der Waals surface area contributed by atoms with Crippen LogP contribution in [0.15, 0.2) is 42.3 Å². The van der Waals surface area contributed by atoms with Crippen molar-refractivity contribution >= 4 is 27.7 Å². The van der Waals surface area contributed by atoms with Crippen molar-refractivity contribution in [1.29, 1.82) is 0 Å². The Morgan fingerprint density at radius 2 is 2.21 bits per heavy atom. The van der Waals surface area contributed by atoms with Gasteiger partial charge in [0.2, 0.25) is 0 Å². The van der Waals surface area contributed by atoms with E-state index in [1.165, 1.54) is 16.4 Å². The van der Waals surface area contributed by atoms with E-state index < -0.39 is 11.1 Å². The molecule has 3 N–H and O–H groups in total. The summed E-state index contributed by atoms with van der Waals surface area (Å²) in [7, 11) is 1.62. The van der Waals surface area contributed by atoms with Gasteiger partial charge < -0.3 is 5.73 Å². The maximum absolute atomic E-state index is 11.3. The van der Waals surface area contributed by atoms with Gasteiger partial charge in [-0.2, -0.15) is 4.98 Å². The van der Waals surface area contributed by atoms with Crippen LogP contribution in [-0.4, -0.2) is 14.8 Å². The van der Waals surface area contributed by atoms with Gasteiger partial charge in [-0.1, -0.05) is 6.07 Å². The third kappa shape index (κ3) is 3.14. The van der Waals surface area contributed by atoms with Gasteiger partial charge in [-0.25, -0.2) is 0 Å². The Kier molecular flexibility index (Phi) is 4.23. The second-order valence-electron chi connectivity index (χ2n) is 3.77. The molecular formula is C11H11BrN4O2S. The molecule has 1 aromatic carbocycles. The Morgan fingerprint density at radius 3 is 2.84 bits per heavy atom. The molecule has 0 bridgehead atoms. The number of hydrogen-bond donors (Lipinski definition) is 2. The van der Waals surface area contributed by atoms with Gasteiger partial charge in [0.15, 0.2) is 5.16 Å².